The Morgan fingerprint density at radius 2 is 2.56 bits per heavy atom. The van der Waals surface area contributed by atoms with Gasteiger partial charge in [-0.05, 0) is 12.1 Å². The zero-order valence-corrected chi connectivity index (χ0v) is 10.0. The Morgan fingerprint density at radius 1 is 1.72 bits per heavy atom. The van der Waals surface area contributed by atoms with Crippen LogP contribution in [0.1, 0.15) is 12.2 Å². The van der Waals surface area contributed by atoms with Crippen molar-refractivity contribution in [2.45, 2.75) is 17.2 Å². The molecule has 0 aromatic carbocycles. The molecule has 2 rings (SSSR count). The van der Waals surface area contributed by atoms with Gasteiger partial charge in [0.25, 0.3) is 0 Å². The monoisotopic (exact) mass is 269 g/mol. The van der Waals surface area contributed by atoms with E-state index in [0.29, 0.717) is 5.76 Å². The molecule has 1 aromatic rings. The average molecular weight is 269 g/mol. The summed E-state index contributed by atoms with van der Waals surface area (Å²) in [6.07, 6.45) is 2.80. The number of rotatable bonds is 5. The van der Waals surface area contributed by atoms with Gasteiger partial charge < -0.3 is 14.8 Å². The van der Waals surface area contributed by atoms with Crippen molar-refractivity contribution in [2.75, 3.05) is 0 Å². The molecular formula is C10H11N3O4S. The lowest BCUT2D eigenvalue weighted by Gasteiger charge is -2.07. The number of furan rings is 1. The molecule has 0 saturated carbocycles. The van der Waals surface area contributed by atoms with Gasteiger partial charge in [-0.1, -0.05) is 0 Å². The van der Waals surface area contributed by atoms with Crippen LogP contribution < -0.4 is 10.7 Å². The molecule has 96 valence electrons. The number of amides is 1. The second-order valence-corrected chi connectivity index (χ2v) is 4.83. The normalized spacial score (nSPS) is 23.2. The molecule has 1 fully saturated rings. The van der Waals surface area contributed by atoms with Gasteiger partial charge in [0.05, 0.1) is 24.1 Å². The number of aliphatic carboxylic acids is 1. The van der Waals surface area contributed by atoms with Crippen molar-refractivity contribution in [1.82, 2.24) is 10.7 Å². The molecular weight excluding hydrogens is 258 g/mol. The second kappa shape index (κ2) is 5.58. The number of hydrogen-bond donors (Lipinski definition) is 3. The smallest absolute Gasteiger partial charge is 0.305 e. The van der Waals surface area contributed by atoms with Gasteiger partial charge in [0.2, 0.25) is 5.91 Å². The first kappa shape index (κ1) is 12.5. The van der Waals surface area contributed by atoms with Crippen LogP contribution in [0, 0.1) is 0 Å². The van der Waals surface area contributed by atoms with E-state index < -0.39 is 16.7 Å². The van der Waals surface area contributed by atoms with E-state index in [-0.39, 0.29) is 12.3 Å². The number of nitrogens with one attached hydrogen (secondary N) is 2. The van der Waals surface area contributed by atoms with Crippen LogP contribution in [-0.4, -0.2) is 33.9 Å². The van der Waals surface area contributed by atoms with Crippen molar-refractivity contribution in [3.05, 3.63) is 24.2 Å². The van der Waals surface area contributed by atoms with E-state index in [1.54, 1.807) is 12.1 Å². The van der Waals surface area contributed by atoms with Crippen LogP contribution in [0.3, 0.4) is 0 Å². The van der Waals surface area contributed by atoms with Gasteiger partial charge in [0.15, 0.2) is 5.50 Å². The third-order valence-electron chi connectivity index (χ3n) is 2.15. The molecule has 2 atom stereocenters. The van der Waals surface area contributed by atoms with Gasteiger partial charge >= 0.3 is 5.97 Å². The molecule has 3 N–H and O–H groups in total. The van der Waals surface area contributed by atoms with Crippen molar-refractivity contribution in [2.24, 2.45) is 5.10 Å². The molecule has 1 amide bonds. The first-order valence-electron chi connectivity index (χ1n) is 5.15. The van der Waals surface area contributed by atoms with E-state index in [1.165, 1.54) is 24.2 Å². The fourth-order valence-electron chi connectivity index (χ4n) is 1.38. The van der Waals surface area contributed by atoms with Gasteiger partial charge in [0.1, 0.15) is 5.76 Å². The molecule has 8 heteroatoms. The number of hydrazone groups is 1. The summed E-state index contributed by atoms with van der Waals surface area (Å²) in [5.41, 5.74) is 2.28. The second-order valence-electron chi connectivity index (χ2n) is 3.51. The molecule has 2 unspecified atom stereocenters. The van der Waals surface area contributed by atoms with Crippen molar-refractivity contribution in [1.29, 1.82) is 0 Å². The summed E-state index contributed by atoms with van der Waals surface area (Å²) in [4.78, 5) is 21.9. The van der Waals surface area contributed by atoms with E-state index >= 15 is 0 Å². The average Bonchev–Trinajstić information content (AvgIpc) is 2.90. The summed E-state index contributed by atoms with van der Waals surface area (Å²) in [5.74, 6) is -0.714. The summed E-state index contributed by atoms with van der Waals surface area (Å²) >= 11 is 1.19. The highest BCUT2D eigenvalue weighted by atomic mass is 32.2. The van der Waals surface area contributed by atoms with Crippen LogP contribution in [0.4, 0.5) is 0 Å². The first-order valence-corrected chi connectivity index (χ1v) is 6.09. The Bertz CT molecular complexity index is 460. The van der Waals surface area contributed by atoms with Crippen LogP contribution in [0.2, 0.25) is 0 Å². The molecule has 0 radical (unpaired) electrons. The van der Waals surface area contributed by atoms with Crippen LogP contribution in [0.25, 0.3) is 0 Å². The number of carboxylic acids is 1. The zero-order valence-electron chi connectivity index (χ0n) is 9.20. The maximum Gasteiger partial charge on any atom is 0.305 e. The number of nitrogens with zero attached hydrogens (tertiary/aromatic N) is 1. The Morgan fingerprint density at radius 3 is 3.22 bits per heavy atom. The number of hydrogen-bond acceptors (Lipinski definition) is 6. The van der Waals surface area contributed by atoms with Gasteiger partial charge in [0, 0.05) is 0 Å². The van der Waals surface area contributed by atoms with Crippen LogP contribution >= 0.6 is 11.8 Å². The molecule has 0 bridgehead atoms. The van der Waals surface area contributed by atoms with Gasteiger partial charge in [-0.3, -0.25) is 15.0 Å². The predicted molar refractivity (Wildman–Crippen MR) is 65.0 cm³/mol. The molecule has 2 heterocycles. The SMILES string of the molecule is O=C(O)CC1SC(NN=Cc2ccco2)NC1=O. The van der Waals surface area contributed by atoms with E-state index in [2.05, 4.69) is 15.8 Å². The summed E-state index contributed by atoms with van der Waals surface area (Å²) in [7, 11) is 0. The highest BCUT2D eigenvalue weighted by Crippen LogP contribution is 2.24. The van der Waals surface area contributed by atoms with Crippen LogP contribution in [-0.2, 0) is 9.59 Å². The van der Waals surface area contributed by atoms with Crippen molar-refractivity contribution in [3.8, 4) is 0 Å². The van der Waals surface area contributed by atoms with E-state index in [1.807, 2.05) is 0 Å². The Hall–Kier alpha value is -1.96. The topological polar surface area (TPSA) is 104 Å². The molecule has 1 saturated heterocycles. The van der Waals surface area contributed by atoms with Crippen molar-refractivity contribution < 1.29 is 19.1 Å². The lowest BCUT2D eigenvalue weighted by atomic mass is 10.3. The zero-order chi connectivity index (χ0) is 13.0. The summed E-state index contributed by atoms with van der Waals surface area (Å²) in [6, 6.07) is 3.47. The van der Waals surface area contributed by atoms with E-state index in [9.17, 15) is 9.59 Å². The van der Waals surface area contributed by atoms with E-state index in [0.717, 1.165) is 0 Å². The number of carbonyl (C=O) groups is 2. The Kier molecular flexibility index (Phi) is 3.88. The molecule has 1 aliphatic heterocycles. The molecule has 0 aliphatic carbocycles. The maximum atomic E-state index is 11.4. The number of carboxylic acid groups (broad SMARTS) is 1. The molecule has 1 aliphatic rings. The van der Waals surface area contributed by atoms with Gasteiger partial charge in [-0.2, -0.15) is 5.10 Å². The Balaban J connectivity index is 1.82. The van der Waals surface area contributed by atoms with E-state index in [4.69, 9.17) is 9.52 Å². The fourth-order valence-corrected chi connectivity index (χ4v) is 2.44. The first-order chi connectivity index (χ1) is 8.65. The summed E-state index contributed by atoms with van der Waals surface area (Å²) in [6.45, 7) is 0. The quantitative estimate of drug-likeness (QED) is 0.521. The fraction of sp³-hybridized carbons (Fsp3) is 0.300. The van der Waals surface area contributed by atoms with Crippen LogP contribution in [0.5, 0.6) is 0 Å². The minimum Gasteiger partial charge on any atom is -0.481 e. The third kappa shape index (κ3) is 3.27. The van der Waals surface area contributed by atoms with Crippen molar-refractivity contribution >= 4 is 29.9 Å². The highest BCUT2D eigenvalue weighted by Gasteiger charge is 2.33. The number of carbonyl (C=O) groups excluding carboxylic acids is 1. The lowest BCUT2D eigenvalue weighted by molar-refractivity contribution is -0.138. The summed E-state index contributed by atoms with van der Waals surface area (Å²) < 4.78 is 5.03. The maximum absolute atomic E-state index is 11.4. The molecule has 0 spiro atoms. The lowest BCUT2D eigenvalue weighted by Crippen LogP contribution is -2.35. The predicted octanol–water partition coefficient (Wildman–Crippen LogP) is 0.193. The molecule has 1 aromatic heterocycles. The highest BCUT2D eigenvalue weighted by molar-refractivity contribution is 8.01. The number of thioether (sulfide) groups is 1. The molecule has 7 nitrogen and oxygen atoms in total. The van der Waals surface area contributed by atoms with Gasteiger partial charge in [-0.25, -0.2) is 0 Å². The minimum atomic E-state index is -0.998. The standard InChI is InChI=1S/C10H11N3O4S/c14-8(15)4-7-9(16)12-10(18-7)13-11-5-6-2-1-3-17-6/h1-3,5,7,10,13H,4H2,(H,12,16)(H,14,15). The molecule has 18 heavy (non-hydrogen) atoms. The van der Waals surface area contributed by atoms with Crippen molar-refractivity contribution in [3.63, 3.8) is 0 Å². The largest absolute Gasteiger partial charge is 0.481 e. The Labute approximate surface area is 107 Å². The summed E-state index contributed by atoms with van der Waals surface area (Å²) in [5, 5.41) is 14.5. The van der Waals surface area contributed by atoms with Gasteiger partial charge in [-0.15, -0.1) is 11.8 Å². The minimum absolute atomic E-state index is 0.198. The van der Waals surface area contributed by atoms with Crippen LogP contribution in [0.15, 0.2) is 27.9 Å². The third-order valence-corrected chi connectivity index (χ3v) is 3.36.